The van der Waals surface area contributed by atoms with Gasteiger partial charge in [-0.2, -0.15) is 0 Å². The Morgan fingerprint density at radius 3 is 2.29 bits per heavy atom. The molecule has 2 aromatic carbocycles. The van der Waals surface area contributed by atoms with E-state index in [9.17, 15) is 9.59 Å². The van der Waals surface area contributed by atoms with E-state index >= 15 is 0 Å². The molecule has 2 aromatic rings. The molecule has 0 aliphatic rings. The van der Waals surface area contributed by atoms with E-state index in [0.29, 0.717) is 22.2 Å². The summed E-state index contributed by atoms with van der Waals surface area (Å²) in [6.45, 7) is 0.0878. The first-order valence-corrected chi connectivity index (χ1v) is 8.98. The minimum Gasteiger partial charge on any atom is -1.00 e. The van der Waals surface area contributed by atoms with E-state index in [4.69, 9.17) is 27.9 Å². The smallest absolute Gasteiger partial charge is 0.325 e. The van der Waals surface area contributed by atoms with E-state index in [-0.39, 0.29) is 31.5 Å². The number of amides is 1. The fraction of sp³-hybridized carbons (Fsp3) is 0.263. The number of esters is 1. The van der Waals surface area contributed by atoms with Gasteiger partial charge in [0.25, 0.3) is 5.91 Å². The highest BCUT2D eigenvalue weighted by Gasteiger charge is 2.18. The van der Waals surface area contributed by atoms with Gasteiger partial charge in [-0.05, 0) is 29.8 Å². The summed E-state index contributed by atoms with van der Waals surface area (Å²) in [5.74, 6) is -0.157. The third-order valence-corrected chi connectivity index (χ3v) is 4.56. The van der Waals surface area contributed by atoms with Gasteiger partial charge in [0.1, 0.15) is 18.9 Å². The zero-order valence-corrected chi connectivity index (χ0v) is 17.5. The second-order valence-corrected chi connectivity index (χ2v) is 6.64. The molecule has 1 amide bonds. The van der Waals surface area contributed by atoms with Crippen molar-refractivity contribution in [2.75, 3.05) is 13.7 Å². The van der Waals surface area contributed by atoms with Gasteiger partial charge in [-0.1, -0.05) is 41.4 Å². The number of rotatable bonds is 8. The summed E-state index contributed by atoms with van der Waals surface area (Å²) in [4.78, 5) is 23.0. The summed E-state index contributed by atoms with van der Waals surface area (Å²) >= 11 is 12.2. The summed E-state index contributed by atoms with van der Waals surface area (Å²) in [6, 6.07) is 12.1. The number of methoxy groups -OCH3 is 1. The van der Waals surface area contributed by atoms with Crippen LogP contribution in [0.25, 0.3) is 0 Å². The molecule has 0 bridgehead atoms. The van der Waals surface area contributed by atoms with Gasteiger partial charge in [-0.15, -0.1) is 0 Å². The lowest BCUT2D eigenvalue weighted by molar-refractivity contribution is -0.403. The van der Waals surface area contributed by atoms with Crippen LogP contribution in [0.2, 0.25) is 10.0 Å². The van der Waals surface area contributed by atoms with Crippen molar-refractivity contribution in [1.29, 1.82) is 0 Å². The zero-order chi connectivity index (χ0) is 19.8. The van der Waals surface area contributed by atoms with Crippen LogP contribution in [0, 0.1) is 0 Å². The van der Waals surface area contributed by atoms with Crippen molar-refractivity contribution >= 4 is 35.1 Å². The van der Waals surface area contributed by atoms with Crippen LogP contribution < -0.4 is 28.2 Å². The standard InChI is InChI=1S/C19H20Cl2N2O4.ClH/c1-26-18(24)10-23-19(25)17(22)9-12-5-7-13(8-6-12)27-11-14-15(20)3-2-4-16(14)21;/h2-8,17H,9-11,22H2,1H3,(H,23,25);1H/t17-;/m0./s1. The molecule has 6 nitrogen and oxygen atoms in total. The quantitative estimate of drug-likeness (QED) is 0.509. The topological polar surface area (TPSA) is 92.3 Å². The molecule has 0 saturated heterocycles. The summed E-state index contributed by atoms with van der Waals surface area (Å²) < 4.78 is 10.2. The molecule has 0 aliphatic carbocycles. The molecule has 1 atom stereocenters. The fourth-order valence-electron chi connectivity index (χ4n) is 2.30. The molecule has 0 aliphatic heterocycles. The van der Waals surface area contributed by atoms with Crippen molar-refractivity contribution in [3.63, 3.8) is 0 Å². The molecule has 0 saturated carbocycles. The molecule has 0 radical (unpaired) electrons. The van der Waals surface area contributed by atoms with E-state index in [1.165, 1.54) is 7.11 Å². The van der Waals surface area contributed by atoms with E-state index in [1.54, 1.807) is 30.3 Å². The van der Waals surface area contributed by atoms with Gasteiger partial charge in [0.05, 0.1) is 7.11 Å². The summed E-state index contributed by atoms with van der Waals surface area (Å²) in [5.41, 5.74) is 5.48. The van der Waals surface area contributed by atoms with Gasteiger partial charge in [0, 0.05) is 22.0 Å². The van der Waals surface area contributed by atoms with Crippen molar-refractivity contribution in [3.05, 3.63) is 63.6 Å². The highest BCUT2D eigenvalue weighted by Crippen LogP contribution is 2.26. The van der Waals surface area contributed by atoms with Crippen LogP contribution in [-0.2, 0) is 27.4 Å². The Labute approximate surface area is 179 Å². The van der Waals surface area contributed by atoms with Crippen LogP contribution >= 0.6 is 23.2 Å². The molecule has 28 heavy (non-hydrogen) atoms. The Balaban J connectivity index is 0.00000392. The minimum absolute atomic E-state index is 0. The van der Waals surface area contributed by atoms with Crippen LogP contribution in [-0.4, -0.2) is 31.6 Å². The van der Waals surface area contributed by atoms with Crippen molar-refractivity contribution in [3.8, 4) is 5.75 Å². The Bertz CT molecular complexity index is 780. The van der Waals surface area contributed by atoms with Crippen LogP contribution in [0.3, 0.4) is 0 Å². The Morgan fingerprint density at radius 1 is 1.11 bits per heavy atom. The molecule has 9 heteroatoms. The number of ether oxygens (including phenoxy) is 2. The highest BCUT2D eigenvalue weighted by molar-refractivity contribution is 6.35. The Hall–Kier alpha value is -1.99. The normalized spacial score (nSPS) is 11.1. The number of nitrogens with one attached hydrogen (secondary N) is 1. The SMILES string of the molecule is COC(=O)CNC(=O)[C@@H]([NH3+])Cc1ccc(OCc2c(Cl)cccc2Cl)cc1.[Cl-]. The van der Waals surface area contributed by atoms with Crippen molar-refractivity contribution in [2.45, 2.75) is 19.1 Å². The van der Waals surface area contributed by atoms with E-state index in [1.807, 2.05) is 12.1 Å². The predicted molar refractivity (Wildman–Crippen MR) is 103 cm³/mol. The molecule has 0 aromatic heterocycles. The maximum atomic E-state index is 11.9. The largest absolute Gasteiger partial charge is 1.00 e. The number of hydrogen-bond acceptors (Lipinski definition) is 4. The number of benzene rings is 2. The lowest BCUT2D eigenvalue weighted by Gasteiger charge is -2.11. The van der Waals surface area contributed by atoms with Gasteiger partial charge < -0.3 is 32.9 Å². The highest BCUT2D eigenvalue weighted by atomic mass is 35.5. The predicted octanol–water partition coefficient (Wildman–Crippen LogP) is -0.981. The molecular formula is C19H21Cl3N2O4. The van der Waals surface area contributed by atoms with Gasteiger partial charge in [-0.25, -0.2) is 0 Å². The van der Waals surface area contributed by atoms with Crippen LogP contribution in [0.4, 0.5) is 0 Å². The molecular weight excluding hydrogens is 427 g/mol. The molecule has 0 spiro atoms. The van der Waals surface area contributed by atoms with E-state index < -0.39 is 12.0 Å². The van der Waals surface area contributed by atoms with Crippen LogP contribution in [0.5, 0.6) is 5.75 Å². The van der Waals surface area contributed by atoms with Gasteiger partial charge in [0.15, 0.2) is 6.04 Å². The molecule has 0 unspecified atom stereocenters. The van der Waals surface area contributed by atoms with Crippen LogP contribution in [0.1, 0.15) is 11.1 Å². The molecule has 152 valence electrons. The number of carbonyl (C=O) groups is 2. The minimum atomic E-state index is -0.525. The van der Waals surface area contributed by atoms with E-state index in [2.05, 4.69) is 15.8 Å². The van der Waals surface area contributed by atoms with Crippen LogP contribution in [0.15, 0.2) is 42.5 Å². The molecule has 2 rings (SSSR count). The summed E-state index contributed by atoms with van der Waals surface area (Å²) in [7, 11) is 1.26. The first kappa shape index (κ1) is 24.0. The average Bonchev–Trinajstić information content (AvgIpc) is 2.66. The lowest BCUT2D eigenvalue weighted by atomic mass is 10.1. The maximum Gasteiger partial charge on any atom is 0.325 e. The molecule has 0 fully saturated rings. The van der Waals surface area contributed by atoms with Crippen molar-refractivity contribution in [2.24, 2.45) is 0 Å². The maximum absolute atomic E-state index is 11.9. The first-order chi connectivity index (χ1) is 12.9. The Morgan fingerprint density at radius 2 is 1.71 bits per heavy atom. The van der Waals surface area contributed by atoms with Crippen molar-refractivity contribution in [1.82, 2.24) is 5.32 Å². The number of hydrogen-bond donors (Lipinski definition) is 2. The zero-order valence-electron chi connectivity index (χ0n) is 15.2. The summed E-state index contributed by atoms with van der Waals surface area (Å²) in [6.07, 6.45) is 0.434. The third-order valence-electron chi connectivity index (χ3n) is 3.86. The van der Waals surface area contributed by atoms with Gasteiger partial charge in [-0.3, -0.25) is 9.59 Å². The molecule has 4 N–H and O–H groups in total. The number of halogens is 3. The van der Waals surface area contributed by atoms with Gasteiger partial charge >= 0.3 is 5.97 Å². The monoisotopic (exact) mass is 446 g/mol. The number of quaternary nitrogens is 1. The van der Waals surface area contributed by atoms with Gasteiger partial charge in [0.2, 0.25) is 0 Å². The molecule has 0 heterocycles. The van der Waals surface area contributed by atoms with E-state index in [0.717, 1.165) is 11.1 Å². The second kappa shape index (κ2) is 11.8. The first-order valence-electron chi connectivity index (χ1n) is 8.23. The Kier molecular flexibility index (Phi) is 10.1. The summed E-state index contributed by atoms with van der Waals surface area (Å²) in [5, 5.41) is 3.59. The average molecular weight is 448 g/mol. The number of carbonyl (C=O) groups excluding carboxylic acids is 2. The second-order valence-electron chi connectivity index (χ2n) is 5.83. The fourth-order valence-corrected chi connectivity index (χ4v) is 2.81. The lowest BCUT2D eigenvalue weighted by Crippen LogP contribution is -3.00. The van der Waals surface area contributed by atoms with Crippen molar-refractivity contribution < 1.29 is 37.2 Å². The third kappa shape index (κ3) is 7.20.